The van der Waals surface area contributed by atoms with E-state index >= 15 is 0 Å². The first kappa shape index (κ1) is 9.11. The number of Topliss-reactive ketones (excluding diaryl/α,β-unsaturated/α-hetero) is 1. The smallest absolute Gasteiger partial charge is 0.190 e. The Morgan fingerprint density at radius 3 is 2.92 bits per heavy atom. The molecule has 1 rings (SSSR count). The fourth-order valence-corrected chi connectivity index (χ4v) is 1.60. The number of rotatable bonds is 3. The molecule has 0 aliphatic carbocycles. The van der Waals surface area contributed by atoms with Gasteiger partial charge in [0.15, 0.2) is 10.9 Å². The molecular formula is C6H9N3O2S. The lowest BCUT2D eigenvalue weighted by Crippen LogP contribution is -2.18. The van der Waals surface area contributed by atoms with Crippen LogP contribution in [0.3, 0.4) is 0 Å². The van der Waals surface area contributed by atoms with Crippen LogP contribution in [0.15, 0.2) is 0 Å². The van der Waals surface area contributed by atoms with Crippen LogP contribution in [0, 0.1) is 6.92 Å². The molecule has 1 aromatic heterocycles. The zero-order valence-corrected chi connectivity index (χ0v) is 7.31. The molecule has 4 N–H and O–H groups in total. The Morgan fingerprint density at radius 2 is 2.50 bits per heavy atom. The molecule has 0 saturated carbocycles. The van der Waals surface area contributed by atoms with Crippen LogP contribution in [0.2, 0.25) is 0 Å². The summed E-state index contributed by atoms with van der Waals surface area (Å²) < 4.78 is 0. The number of nitrogens with two attached hydrogens (primary N) is 1. The van der Waals surface area contributed by atoms with E-state index in [0.717, 1.165) is 11.3 Å². The Labute approximate surface area is 73.2 Å². The molecule has 0 radical (unpaired) electrons. The van der Waals surface area contributed by atoms with Crippen molar-refractivity contribution in [3.63, 3.8) is 0 Å². The highest BCUT2D eigenvalue weighted by atomic mass is 32.1. The van der Waals surface area contributed by atoms with Crippen LogP contribution in [0.4, 0.5) is 5.13 Å². The number of nitrogen functional groups attached to an aromatic ring is 1. The van der Waals surface area contributed by atoms with Crippen molar-refractivity contribution in [1.82, 2.24) is 10.5 Å². The molecule has 0 aromatic carbocycles. The molecule has 6 heteroatoms. The minimum Gasteiger partial charge on any atom is -0.375 e. The number of carbonyl (C=O) groups excluding carboxylic acids is 1. The van der Waals surface area contributed by atoms with Crippen molar-refractivity contribution in [3.05, 3.63) is 10.6 Å². The molecule has 0 spiro atoms. The first-order valence-electron chi connectivity index (χ1n) is 3.28. The SMILES string of the molecule is Cc1nc(N)sc1C(=O)CNO. The summed E-state index contributed by atoms with van der Waals surface area (Å²) in [4.78, 5) is 15.5. The first-order valence-corrected chi connectivity index (χ1v) is 4.10. The summed E-state index contributed by atoms with van der Waals surface area (Å²) >= 11 is 1.13. The Hall–Kier alpha value is -0.980. The highest BCUT2D eigenvalue weighted by Gasteiger charge is 2.12. The van der Waals surface area contributed by atoms with Gasteiger partial charge in [0.2, 0.25) is 0 Å². The number of hydroxylamine groups is 1. The van der Waals surface area contributed by atoms with Gasteiger partial charge in [-0.3, -0.25) is 4.79 Å². The van der Waals surface area contributed by atoms with E-state index in [4.69, 9.17) is 10.9 Å². The zero-order chi connectivity index (χ0) is 9.14. The predicted octanol–water partition coefficient (Wildman–Crippen LogP) is 0.195. The number of aryl methyl sites for hydroxylation is 1. The summed E-state index contributed by atoms with van der Waals surface area (Å²) in [6.07, 6.45) is 0. The molecule has 66 valence electrons. The highest BCUT2D eigenvalue weighted by Crippen LogP contribution is 2.19. The van der Waals surface area contributed by atoms with Crippen LogP contribution in [-0.4, -0.2) is 22.5 Å². The maximum Gasteiger partial charge on any atom is 0.190 e. The molecule has 0 amide bonds. The second kappa shape index (κ2) is 3.61. The van der Waals surface area contributed by atoms with Gasteiger partial charge in [-0.15, -0.1) is 0 Å². The normalized spacial score (nSPS) is 10.2. The first-order chi connectivity index (χ1) is 5.65. The van der Waals surface area contributed by atoms with Crippen molar-refractivity contribution in [2.45, 2.75) is 6.92 Å². The second-order valence-electron chi connectivity index (χ2n) is 2.22. The zero-order valence-electron chi connectivity index (χ0n) is 6.50. The van der Waals surface area contributed by atoms with Gasteiger partial charge in [0, 0.05) is 0 Å². The van der Waals surface area contributed by atoms with E-state index in [1.54, 1.807) is 12.4 Å². The number of carbonyl (C=O) groups is 1. The van der Waals surface area contributed by atoms with E-state index in [2.05, 4.69) is 4.98 Å². The summed E-state index contributed by atoms with van der Waals surface area (Å²) in [5.41, 5.74) is 7.79. The van der Waals surface area contributed by atoms with E-state index in [1.807, 2.05) is 0 Å². The number of anilines is 1. The third-order valence-corrected chi connectivity index (χ3v) is 2.33. The number of nitrogens with zero attached hydrogens (tertiary/aromatic N) is 1. The number of hydrogen-bond acceptors (Lipinski definition) is 6. The van der Waals surface area contributed by atoms with Gasteiger partial charge in [-0.25, -0.2) is 4.98 Å². The van der Waals surface area contributed by atoms with E-state index in [0.29, 0.717) is 15.7 Å². The molecule has 0 unspecified atom stereocenters. The Bertz CT molecular complexity index is 297. The number of hydrogen-bond donors (Lipinski definition) is 3. The molecule has 0 aliphatic rings. The van der Waals surface area contributed by atoms with Gasteiger partial charge in [-0.05, 0) is 6.92 Å². The van der Waals surface area contributed by atoms with Gasteiger partial charge in [-0.2, -0.15) is 5.48 Å². The quantitative estimate of drug-likeness (QED) is 0.464. The minimum atomic E-state index is -0.204. The van der Waals surface area contributed by atoms with Gasteiger partial charge < -0.3 is 10.9 Å². The van der Waals surface area contributed by atoms with Crippen molar-refractivity contribution < 1.29 is 10.0 Å². The van der Waals surface area contributed by atoms with Crippen LogP contribution in [0.5, 0.6) is 0 Å². The number of nitrogens with one attached hydrogen (secondary N) is 1. The maximum atomic E-state index is 11.2. The second-order valence-corrected chi connectivity index (χ2v) is 3.26. The number of aromatic nitrogens is 1. The van der Waals surface area contributed by atoms with Crippen molar-refractivity contribution in [1.29, 1.82) is 0 Å². The van der Waals surface area contributed by atoms with Crippen LogP contribution in [0.25, 0.3) is 0 Å². The van der Waals surface area contributed by atoms with E-state index < -0.39 is 0 Å². The van der Waals surface area contributed by atoms with Crippen molar-refractivity contribution in [3.8, 4) is 0 Å². The summed E-state index contributed by atoms with van der Waals surface area (Å²) in [6.45, 7) is 1.60. The van der Waals surface area contributed by atoms with Crippen molar-refractivity contribution in [2.75, 3.05) is 12.3 Å². The van der Waals surface area contributed by atoms with E-state index in [-0.39, 0.29) is 12.3 Å². The monoisotopic (exact) mass is 187 g/mol. The summed E-state index contributed by atoms with van der Waals surface area (Å²) in [5, 5.41) is 8.65. The largest absolute Gasteiger partial charge is 0.375 e. The Kier molecular flexibility index (Phi) is 2.74. The van der Waals surface area contributed by atoms with Crippen molar-refractivity contribution in [2.24, 2.45) is 0 Å². The van der Waals surface area contributed by atoms with Crippen LogP contribution < -0.4 is 11.2 Å². The molecule has 0 bridgehead atoms. The third-order valence-electron chi connectivity index (χ3n) is 1.31. The highest BCUT2D eigenvalue weighted by molar-refractivity contribution is 7.17. The maximum absolute atomic E-state index is 11.2. The summed E-state index contributed by atoms with van der Waals surface area (Å²) in [6, 6.07) is 0. The average molecular weight is 187 g/mol. The lowest BCUT2D eigenvalue weighted by molar-refractivity contribution is 0.0906. The number of ketones is 1. The van der Waals surface area contributed by atoms with Crippen LogP contribution in [-0.2, 0) is 0 Å². The average Bonchev–Trinajstić information content (AvgIpc) is 2.30. The van der Waals surface area contributed by atoms with Gasteiger partial charge in [0.25, 0.3) is 0 Å². The van der Waals surface area contributed by atoms with Gasteiger partial charge in [0.05, 0.1) is 17.1 Å². The van der Waals surface area contributed by atoms with Crippen LogP contribution >= 0.6 is 11.3 Å². The standard InChI is InChI=1S/C6H9N3O2S/c1-3-5(4(10)2-8-11)12-6(7)9-3/h8,11H,2H2,1H3,(H2,7,9). The van der Waals surface area contributed by atoms with Crippen LogP contribution in [0.1, 0.15) is 15.4 Å². The Balaban J connectivity index is 2.87. The fourth-order valence-electron chi connectivity index (χ4n) is 0.828. The molecular weight excluding hydrogens is 178 g/mol. The van der Waals surface area contributed by atoms with Crippen molar-refractivity contribution >= 4 is 22.3 Å². The summed E-state index contributed by atoms with van der Waals surface area (Å²) in [5.74, 6) is -0.204. The fraction of sp³-hybridized carbons (Fsp3) is 0.333. The molecule has 0 fully saturated rings. The van der Waals surface area contributed by atoms with E-state index in [9.17, 15) is 4.79 Å². The molecule has 0 atom stereocenters. The molecule has 0 saturated heterocycles. The topological polar surface area (TPSA) is 88.2 Å². The molecule has 1 aromatic rings. The molecule has 12 heavy (non-hydrogen) atoms. The number of thiazole rings is 1. The predicted molar refractivity (Wildman–Crippen MR) is 45.4 cm³/mol. The Morgan fingerprint density at radius 1 is 1.83 bits per heavy atom. The van der Waals surface area contributed by atoms with Gasteiger partial charge >= 0.3 is 0 Å². The van der Waals surface area contributed by atoms with Gasteiger partial charge in [0.1, 0.15) is 0 Å². The lowest BCUT2D eigenvalue weighted by atomic mass is 10.3. The molecule has 0 aliphatic heterocycles. The molecule has 1 heterocycles. The van der Waals surface area contributed by atoms with E-state index in [1.165, 1.54) is 0 Å². The third kappa shape index (κ3) is 1.79. The molecule has 5 nitrogen and oxygen atoms in total. The van der Waals surface area contributed by atoms with Gasteiger partial charge in [-0.1, -0.05) is 11.3 Å². The lowest BCUT2D eigenvalue weighted by Gasteiger charge is -1.94. The summed E-state index contributed by atoms with van der Waals surface area (Å²) in [7, 11) is 0. The minimum absolute atomic E-state index is 0.109.